The van der Waals surface area contributed by atoms with E-state index in [4.69, 9.17) is 0 Å². The van der Waals surface area contributed by atoms with Crippen molar-refractivity contribution in [3.8, 4) is 0 Å². The Hall–Kier alpha value is -1.32. The first kappa shape index (κ1) is 9.68. The second-order valence-corrected chi connectivity index (χ2v) is 1.78. The molecule has 0 aliphatic rings. The Balaban J connectivity index is 3.54. The summed E-state index contributed by atoms with van der Waals surface area (Å²) >= 11 is 0. The molecule has 11 heavy (non-hydrogen) atoms. The molecule has 0 fully saturated rings. The van der Waals surface area contributed by atoms with Crippen LogP contribution in [0, 0.1) is 0 Å². The van der Waals surface area contributed by atoms with E-state index in [1.54, 1.807) is 13.0 Å². The van der Waals surface area contributed by atoms with Gasteiger partial charge in [0.2, 0.25) is 0 Å². The third-order valence-corrected chi connectivity index (χ3v) is 0.927. The van der Waals surface area contributed by atoms with Gasteiger partial charge in [0.1, 0.15) is 0 Å². The molecule has 0 aliphatic heterocycles. The number of nitrogens with one attached hydrogen (secondary N) is 1. The Bertz CT molecular complexity index is 175. The number of carbonyl (C=O) groups is 2. The van der Waals surface area contributed by atoms with Gasteiger partial charge in [-0.1, -0.05) is 6.08 Å². The molecule has 1 N–H and O–H groups in total. The molecule has 0 atom stereocenters. The fraction of sp³-hybridized carbons (Fsp3) is 0.429. The van der Waals surface area contributed by atoms with Crippen LogP contribution in [0.1, 0.15) is 6.92 Å². The summed E-state index contributed by atoms with van der Waals surface area (Å²) in [5, 5.41) is 2.32. The first-order chi connectivity index (χ1) is 5.20. The normalized spacial score (nSPS) is 9.64. The maximum absolute atomic E-state index is 10.6. The fourth-order valence-electron chi connectivity index (χ4n) is 0.393. The molecule has 0 aromatic heterocycles. The molecular formula is C7H11NO3. The Morgan fingerprint density at radius 2 is 2.18 bits per heavy atom. The molecule has 0 spiro atoms. The van der Waals surface area contributed by atoms with Crippen molar-refractivity contribution in [2.24, 2.45) is 0 Å². The van der Waals surface area contributed by atoms with Gasteiger partial charge < -0.3 is 10.1 Å². The monoisotopic (exact) mass is 157 g/mol. The van der Waals surface area contributed by atoms with E-state index in [0.717, 1.165) is 0 Å². The van der Waals surface area contributed by atoms with Crippen LogP contribution >= 0.6 is 0 Å². The summed E-state index contributed by atoms with van der Waals surface area (Å²) in [6, 6.07) is 0. The lowest BCUT2D eigenvalue weighted by atomic mass is 10.5. The molecule has 0 radical (unpaired) electrons. The minimum atomic E-state index is -0.504. The largest absolute Gasteiger partial charge is 0.452 e. The number of likely N-dealkylation sites (N-methyl/N-ethyl adjacent to an activating group) is 1. The van der Waals surface area contributed by atoms with E-state index >= 15 is 0 Å². The maximum atomic E-state index is 10.6. The third-order valence-electron chi connectivity index (χ3n) is 0.927. The predicted octanol–water partition coefficient (Wildman–Crippen LogP) is -0.148. The zero-order valence-electron chi connectivity index (χ0n) is 6.59. The lowest BCUT2D eigenvalue weighted by molar-refractivity contribution is -0.143. The lowest BCUT2D eigenvalue weighted by Crippen LogP contribution is -2.24. The maximum Gasteiger partial charge on any atom is 0.330 e. The topological polar surface area (TPSA) is 55.4 Å². The Kier molecular flexibility index (Phi) is 4.81. The number of carbonyl (C=O) groups excluding carboxylic acids is 2. The van der Waals surface area contributed by atoms with Crippen LogP contribution in [0.3, 0.4) is 0 Å². The van der Waals surface area contributed by atoms with Crippen molar-refractivity contribution in [1.29, 1.82) is 0 Å². The summed E-state index contributed by atoms with van der Waals surface area (Å²) in [7, 11) is 1.48. The highest BCUT2D eigenvalue weighted by molar-refractivity contribution is 5.85. The Morgan fingerprint density at radius 1 is 1.55 bits per heavy atom. The van der Waals surface area contributed by atoms with Gasteiger partial charge >= 0.3 is 5.97 Å². The number of rotatable bonds is 3. The van der Waals surface area contributed by atoms with Gasteiger partial charge in [-0.15, -0.1) is 0 Å². The number of ether oxygens (including phenoxy) is 1. The van der Waals surface area contributed by atoms with E-state index < -0.39 is 5.97 Å². The first-order valence-corrected chi connectivity index (χ1v) is 3.20. The van der Waals surface area contributed by atoms with Crippen molar-refractivity contribution in [3.63, 3.8) is 0 Å². The van der Waals surface area contributed by atoms with Gasteiger partial charge in [-0.3, -0.25) is 4.79 Å². The molecule has 0 aromatic carbocycles. The summed E-state index contributed by atoms with van der Waals surface area (Å²) in [4.78, 5) is 21.1. The van der Waals surface area contributed by atoms with E-state index in [1.165, 1.54) is 13.1 Å². The van der Waals surface area contributed by atoms with Gasteiger partial charge in [0, 0.05) is 13.1 Å². The summed E-state index contributed by atoms with van der Waals surface area (Å²) in [6.07, 6.45) is 2.80. The van der Waals surface area contributed by atoms with Crippen LogP contribution in [0.5, 0.6) is 0 Å². The smallest absolute Gasteiger partial charge is 0.330 e. The number of amides is 1. The van der Waals surface area contributed by atoms with Crippen LogP contribution in [0.15, 0.2) is 12.2 Å². The standard InChI is InChI=1S/C7H11NO3/c1-3-4-7(10)11-5-6(9)8-2/h3-4H,5H2,1-2H3,(H,8,9). The van der Waals surface area contributed by atoms with Gasteiger partial charge in [-0.25, -0.2) is 4.79 Å². The summed E-state index contributed by atoms with van der Waals surface area (Å²) in [6.45, 7) is 1.47. The molecule has 1 amide bonds. The van der Waals surface area contributed by atoms with Gasteiger partial charge in [0.15, 0.2) is 6.61 Å². The van der Waals surface area contributed by atoms with Gasteiger partial charge in [-0.2, -0.15) is 0 Å². The molecule has 0 saturated carbocycles. The molecular weight excluding hydrogens is 146 g/mol. The molecule has 0 unspecified atom stereocenters. The molecule has 0 saturated heterocycles. The Labute approximate surface area is 65.2 Å². The van der Waals surface area contributed by atoms with Crippen LogP contribution in [0.4, 0.5) is 0 Å². The lowest BCUT2D eigenvalue weighted by Gasteiger charge is -1.98. The molecule has 0 bridgehead atoms. The quantitative estimate of drug-likeness (QED) is 0.458. The van der Waals surface area contributed by atoms with Crippen LogP contribution in [0.2, 0.25) is 0 Å². The first-order valence-electron chi connectivity index (χ1n) is 3.20. The zero-order valence-corrected chi connectivity index (χ0v) is 6.59. The SMILES string of the molecule is CC=CC(=O)OCC(=O)NC. The number of esters is 1. The molecule has 62 valence electrons. The summed E-state index contributed by atoms with van der Waals surface area (Å²) in [5.74, 6) is -0.820. The highest BCUT2D eigenvalue weighted by Gasteiger charge is 2.00. The van der Waals surface area contributed by atoms with Crippen LogP contribution in [-0.2, 0) is 14.3 Å². The second kappa shape index (κ2) is 5.46. The fourth-order valence-corrected chi connectivity index (χ4v) is 0.393. The number of hydrogen-bond acceptors (Lipinski definition) is 3. The van der Waals surface area contributed by atoms with E-state index in [9.17, 15) is 9.59 Å². The van der Waals surface area contributed by atoms with Gasteiger partial charge in [0.05, 0.1) is 0 Å². The molecule has 0 heterocycles. The van der Waals surface area contributed by atoms with E-state index in [0.29, 0.717) is 0 Å². The van der Waals surface area contributed by atoms with Crippen molar-refractivity contribution in [2.75, 3.05) is 13.7 Å². The number of allylic oxidation sites excluding steroid dienone is 1. The van der Waals surface area contributed by atoms with Gasteiger partial charge in [0.25, 0.3) is 5.91 Å². The highest BCUT2D eigenvalue weighted by Crippen LogP contribution is 1.80. The van der Waals surface area contributed by atoms with Crippen LogP contribution < -0.4 is 5.32 Å². The van der Waals surface area contributed by atoms with Crippen molar-refractivity contribution in [3.05, 3.63) is 12.2 Å². The van der Waals surface area contributed by atoms with Crippen molar-refractivity contribution >= 4 is 11.9 Å². The molecule has 4 heteroatoms. The summed E-state index contributed by atoms with van der Waals surface area (Å²) < 4.78 is 4.50. The zero-order chi connectivity index (χ0) is 8.69. The third kappa shape index (κ3) is 5.14. The predicted molar refractivity (Wildman–Crippen MR) is 39.8 cm³/mol. The van der Waals surface area contributed by atoms with E-state index in [-0.39, 0.29) is 12.5 Å². The van der Waals surface area contributed by atoms with E-state index in [2.05, 4.69) is 10.1 Å². The average molecular weight is 157 g/mol. The second-order valence-electron chi connectivity index (χ2n) is 1.78. The van der Waals surface area contributed by atoms with Crippen molar-refractivity contribution < 1.29 is 14.3 Å². The average Bonchev–Trinajstić information content (AvgIpc) is 2.01. The van der Waals surface area contributed by atoms with Gasteiger partial charge in [-0.05, 0) is 6.92 Å². The minimum Gasteiger partial charge on any atom is -0.452 e. The highest BCUT2D eigenvalue weighted by atomic mass is 16.5. The van der Waals surface area contributed by atoms with Crippen molar-refractivity contribution in [1.82, 2.24) is 5.32 Å². The van der Waals surface area contributed by atoms with E-state index in [1.807, 2.05) is 0 Å². The molecule has 0 aliphatic carbocycles. The molecule has 0 rings (SSSR count). The molecule has 0 aromatic rings. The number of hydrogen-bond donors (Lipinski definition) is 1. The summed E-state index contributed by atoms with van der Waals surface area (Å²) in [5.41, 5.74) is 0. The Morgan fingerprint density at radius 3 is 2.64 bits per heavy atom. The van der Waals surface area contributed by atoms with Crippen molar-refractivity contribution in [2.45, 2.75) is 6.92 Å². The minimum absolute atomic E-state index is 0.223. The van der Waals surface area contributed by atoms with Crippen LogP contribution in [0.25, 0.3) is 0 Å². The van der Waals surface area contributed by atoms with Crippen LogP contribution in [-0.4, -0.2) is 25.5 Å². The molecule has 4 nitrogen and oxygen atoms in total.